The van der Waals surface area contributed by atoms with Crippen LogP contribution in [0.4, 0.5) is 5.69 Å². The molecule has 4 heteroatoms. The number of halogens is 2. The quantitative estimate of drug-likeness (QED) is 0.300. The molecule has 0 spiro atoms. The van der Waals surface area contributed by atoms with E-state index in [9.17, 15) is 0 Å². The fraction of sp³-hybridized carbons (Fsp3) is 0.208. The summed E-state index contributed by atoms with van der Waals surface area (Å²) in [5.41, 5.74) is 4.48. The van der Waals surface area contributed by atoms with Crippen molar-refractivity contribution in [2.24, 2.45) is 4.99 Å². The Morgan fingerprint density at radius 1 is 0.964 bits per heavy atom. The summed E-state index contributed by atoms with van der Waals surface area (Å²) in [7, 11) is 0. The molecule has 0 radical (unpaired) electrons. The van der Waals surface area contributed by atoms with Gasteiger partial charge in [0.15, 0.2) is 0 Å². The van der Waals surface area contributed by atoms with Crippen molar-refractivity contribution in [3.05, 3.63) is 92.4 Å². The van der Waals surface area contributed by atoms with Gasteiger partial charge in [-0.15, -0.1) is 0 Å². The lowest BCUT2D eigenvalue weighted by atomic mass is 9.99. The van der Waals surface area contributed by atoms with Crippen LogP contribution in [-0.4, -0.2) is 6.21 Å². The van der Waals surface area contributed by atoms with Crippen LogP contribution >= 0.6 is 31.9 Å². The first-order valence-corrected chi connectivity index (χ1v) is 10.9. The topological polar surface area (TPSA) is 21.6 Å². The molecule has 0 heterocycles. The molecule has 2 nitrogen and oxygen atoms in total. The Morgan fingerprint density at radius 2 is 1.68 bits per heavy atom. The summed E-state index contributed by atoms with van der Waals surface area (Å²) in [6.45, 7) is 4.98. The largest absolute Gasteiger partial charge is 0.489 e. The molecule has 0 bridgehead atoms. The summed E-state index contributed by atoms with van der Waals surface area (Å²) in [6, 6.07) is 22.5. The third kappa shape index (κ3) is 5.79. The van der Waals surface area contributed by atoms with Crippen molar-refractivity contribution < 1.29 is 4.74 Å². The minimum Gasteiger partial charge on any atom is -0.489 e. The van der Waals surface area contributed by atoms with E-state index in [1.54, 1.807) is 0 Å². The van der Waals surface area contributed by atoms with Crippen LogP contribution in [0, 0.1) is 0 Å². The molecule has 3 rings (SSSR count). The van der Waals surface area contributed by atoms with Crippen LogP contribution in [0.2, 0.25) is 0 Å². The second-order valence-corrected chi connectivity index (χ2v) is 8.52. The number of rotatable bonds is 7. The van der Waals surface area contributed by atoms with E-state index < -0.39 is 0 Å². The fourth-order valence-corrected chi connectivity index (χ4v) is 3.89. The third-order valence-electron chi connectivity index (χ3n) is 4.73. The second kappa shape index (κ2) is 10.0. The highest BCUT2D eigenvalue weighted by atomic mass is 79.9. The van der Waals surface area contributed by atoms with Crippen LogP contribution in [0.15, 0.2) is 80.7 Å². The van der Waals surface area contributed by atoms with Crippen molar-refractivity contribution in [1.29, 1.82) is 0 Å². The van der Waals surface area contributed by atoms with Crippen molar-refractivity contribution in [2.45, 2.75) is 32.8 Å². The smallest absolute Gasteiger partial charge is 0.119 e. The van der Waals surface area contributed by atoms with Gasteiger partial charge in [0.05, 0.1) is 5.69 Å². The second-order valence-electron chi connectivity index (χ2n) is 6.75. The fourth-order valence-electron chi connectivity index (χ4n) is 2.72. The highest BCUT2D eigenvalue weighted by molar-refractivity contribution is 9.11. The molecule has 0 aromatic heterocycles. The maximum atomic E-state index is 5.89. The van der Waals surface area contributed by atoms with Gasteiger partial charge < -0.3 is 4.74 Å². The number of aliphatic imine (C=N–C) groups is 1. The summed E-state index contributed by atoms with van der Waals surface area (Å²) in [5.74, 6) is 1.42. The average molecular weight is 501 g/mol. The van der Waals surface area contributed by atoms with Gasteiger partial charge in [-0.1, -0.05) is 63.9 Å². The first-order chi connectivity index (χ1) is 13.5. The molecule has 0 N–H and O–H groups in total. The molecule has 0 fully saturated rings. The van der Waals surface area contributed by atoms with E-state index in [2.05, 4.69) is 75.0 Å². The van der Waals surface area contributed by atoms with Crippen molar-refractivity contribution in [3.8, 4) is 5.75 Å². The first kappa shape index (κ1) is 20.8. The molecule has 28 heavy (non-hydrogen) atoms. The SMILES string of the molecule is CC[C@@H](C)c1ccc(N=Cc2ccc(OCc3ccc(Br)cc3Br)cc2)cc1. The molecule has 0 saturated carbocycles. The Morgan fingerprint density at radius 3 is 2.32 bits per heavy atom. The molecular weight excluding hydrogens is 478 g/mol. The van der Waals surface area contributed by atoms with Gasteiger partial charge in [-0.2, -0.15) is 0 Å². The lowest BCUT2D eigenvalue weighted by Gasteiger charge is -2.09. The Labute approximate surface area is 183 Å². The van der Waals surface area contributed by atoms with E-state index in [1.165, 1.54) is 5.56 Å². The number of nitrogens with zero attached hydrogens (tertiary/aromatic N) is 1. The van der Waals surface area contributed by atoms with Crippen LogP contribution in [-0.2, 0) is 6.61 Å². The number of hydrogen-bond donors (Lipinski definition) is 0. The molecule has 0 amide bonds. The Hall–Kier alpha value is -1.91. The Balaban J connectivity index is 1.58. The molecule has 1 atom stereocenters. The maximum absolute atomic E-state index is 5.89. The van der Waals surface area contributed by atoms with Gasteiger partial charge in [-0.05, 0) is 72.0 Å². The van der Waals surface area contributed by atoms with Gasteiger partial charge in [-0.3, -0.25) is 4.99 Å². The van der Waals surface area contributed by atoms with E-state index in [0.717, 1.165) is 37.9 Å². The molecule has 0 aliphatic carbocycles. The third-order valence-corrected chi connectivity index (χ3v) is 5.96. The molecular formula is C24H23Br2NO. The van der Waals surface area contributed by atoms with Crippen molar-refractivity contribution >= 4 is 43.8 Å². The Bertz CT molecular complexity index is 934. The molecule has 0 saturated heterocycles. The van der Waals surface area contributed by atoms with E-state index in [-0.39, 0.29) is 0 Å². The zero-order valence-corrected chi connectivity index (χ0v) is 19.2. The zero-order valence-electron chi connectivity index (χ0n) is 16.0. The average Bonchev–Trinajstić information content (AvgIpc) is 2.72. The summed E-state index contributed by atoms with van der Waals surface area (Å²) in [4.78, 5) is 4.57. The molecule has 0 aliphatic rings. The van der Waals surface area contributed by atoms with Gasteiger partial charge in [0, 0.05) is 20.7 Å². The van der Waals surface area contributed by atoms with Crippen LogP contribution in [0.3, 0.4) is 0 Å². The van der Waals surface area contributed by atoms with Crippen molar-refractivity contribution in [1.82, 2.24) is 0 Å². The molecule has 0 unspecified atom stereocenters. The molecule has 0 aliphatic heterocycles. The van der Waals surface area contributed by atoms with E-state index >= 15 is 0 Å². The van der Waals surface area contributed by atoms with E-state index in [4.69, 9.17) is 4.74 Å². The van der Waals surface area contributed by atoms with E-state index in [0.29, 0.717) is 12.5 Å². The van der Waals surface area contributed by atoms with Gasteiger partial charge in [0.2, 0.25) is 0 Å². The molecule has 3 aromatic rings. The zero-order chi connectivity index (χ0) is 19.9. The summed E-state index contributed by atoms with van der Waals surface area (Å²) >= 11 is 7.03. The van der Waals surface area contributed by atoms with Crippen LogP contribution in [0.25, 0.3) is 0 Å². The summed E-state index contributed by atoms with van der Waals surface area (Å²) < 4.78 is 7.96. The minimum atomic E-state index is 0.518. The van der Waals surface area contributed by atoms with Gasteiger partial charge in [0.1, 0.15) is 12.4 Å². The van der Waals surface area contributed by atoms with Gasteiger partial charge >= 0.3 is 0 Å². The predicted octanol–water partition coefficient (Wildman–Crippen LogP) is 8.05. The van der Waals surface area contributed by atoms with Crippen LogP contribution in [0.5, 0.6) is 5.75 Å². The number of benzene rings is 3. The highest BCUT2D eigenvalue weighted by Crippen LogP contribution is 2.24. The maximum Gasteiger partial charge on any atom is 0.119 e. The van der Waals surface area contributed by atoms with Crippen molar-refractivity contribution in [3.63, 3.8) is 0 Å². The first-order valence-electron chi connectivity index (χ1n) is 9.36. The lowest BCUT2D eigenvalue weighted by Crippen LogP contribution is -1.96. The van der Waals surface area contributed by atoms with Gasteiger partial charge in [-0.25, -0.2) is 0 Å². The standard InChI is InChI=1S/C24H23Br2NO/c1-3-17(2)19-7-10-22(11-8-19)27-15-18-4-12-23(13-5-18)28-16-20-6-9-21(25)14-24(20)26/h4-15,17H,3,16H2,1-2H3/t17-/m1/s1. The van der Waals surface area contributed by atoms with E-state index in [1.807, 2.05) is 48.7 Å². The number of hydrogen-bond acceptors (Lipinski definition) is 2. The predicted molar refractivity (Wildman–Crippen MR) is 125 cm³/mol. The monoisotopic (exact) mass is 499 g/mol. The Kier molecular flexibility index (Phi) is 7.46. The highest BCUT2D eigenvalue weighted by Gasteiger charge is 2.03. The summed E-state index contributed by atoms with van der Waals surface area (Å²) in [5, 5.41) is 0. The van der Waals surface area contributed by atoms with Crippen molar-refractivity contribution in [2.75, 3.05) is 0 Å². The minimum absolute atomic E-state index is 0.518. The van der Waals surface area contributed by atoms with Gasteiger partial charge in [0.25, 0.3) is 0 Å². The van der Waals surface area contributed by atoms with Crippen LogP contribution in [0.1, 0.15) is 42.9 Å². The normalized spacial score (nSPS) is 12.3. The summed E-state index contributed by atoms with van der Waals surface area (Å²) in [6.07, 6.45) is 3.03. The molecule has 3 aromatic carbocycles. The number of ether oxygens (including phenoxy) is 1. The molecule has 144 valence electrons. The van der Waals surface area contributed by atoms with Crippen LogP contribution < -0.4 is 4.74 Å². The lowest BCUT2D eigenvalue weighted by molar-refractivity contribution is 0.305.